The SMILES string of the molecule is CC(C)(C(=O)NCC1CCCNC1)c1cccs1.Cl. The highest BCUT2D eigenvalue weighted by atomic mass is 35.5. The van der Waals surface area contributed by atoms with E-state index < -0.39 is 5.41 Å². The molecule has 5 heteroatoms. The van der Waals surface area contributed by atoms with Crippen LogP contribution in [-0.2, 0) is 10.2 Å². The van der Waals surface area contributed by atoms with Crippen LogP contribution >= 0.6 is 23.7 Å². The van der Waals surface area contributed by atoms with Gasteiger partial charge >= 0.3 is 0 Å². The molecule has 1 aliphatic heterocycles. The summed E-state index contributed by atoms with van der Waals surface area (Å²) in [5, 5.41) is 8.51. The van der Waals surface area contributed by atoms with E-state index in [1.807, 2.05) is 31.4 Å². The molecule has 1 atom stereocenters. The highest BCUT2D eigenvalue weighted by Crippen LogP contribution is 2.27. The quantitative estimate of drug-likeness (QED) is 0.897. The number of piperidine rings is 1. The first kappa shape index (κ1) is 16.5. The lowest BCUT2D eigenvalue weighted by molar-refractivity contribution is -0.125. The third-order valence-corrected chi connectivity index (χ3v) is 4.85. The predicted molar refractivity (Wildman–Crippen MR) is 83.2 cm³/mol. The summed E-state index contributed by atoms with van der Waals surface area (Å²) in [5.74, 6) is 0.720. The monoisotopic (exact) mass is 302 g/mol. The second-order valence-electron chi connectivity index (χ2n) is 5.52. The van der Waals surface area contributed by atoms with E-state index in [-0.39, 0.29) is 18.3 Å². The van der Waals surface area contributed by atoms with Crippen molar-refractivity contribution >= 4 is 29.7 Å². The van der Waals surface area contributed by atoms with Gasteiger partial charge in [-0.1, -0.05) is 6.07 Å². The molecule has 0 radical (unpaired) electrons. The van der Waals surface area contributed by atoms with E-state index in [0.29, 0.717) is 5.92 Å². The van der Waals surface area contributed by atoms with E-state index >= 15 is 0 Å². The molecule has 0 saturated carbocycles. The van der Waals surface area contributed by atoms with Crippen molar-refractivity contribution in [3.8, 4) is 0 Å². The maximum absolute atomic E-state index is 12.3. The first-order chi connectivity index (χ1) is 8.60. The van der Waals surface area contributed by atoms with Crippen molar-refractivity contribution in [3.05, 3.63) is 22.4 Å². The Morgan fingerprint density at radius 2 is 2.37 bits per heavy atom. The molecule has 1 unspecified atom stereocenters. The second-order valence-corrected chi connectivity index (χ2v) is 6.47. The molecular weight excluding hydrogens is 280 g/mol. The summed E-state index contributed by atoms with van der Waals surface area (Å²) in [7, 11) is 0. The fraction of sp³-hybridized carbons (Fsp3) is 0.643. The minimum atomic E-state index is -0.420. The predicted octanol–water partition coefficient (Wildman–Crippen LogP) is 2.56. The maximum atomic E-state index is 12.3. The van der Waals surface area contributed by atoms with E-state index in [1.54, 1.807) is 11.3 Å². The Kier molecular flexibility index (Phi) is 6.30. The number of nitrogens with one attached hydrogen (secondary N) is 2. The summed E-state index contributed by atoms with van der Waals surface area (Å²) in [6.07, 6.45) is 2.43. The number of carbonyl (C=O) groups excluding carboxylic acids is 1. The van der Waals surface area contributed by atoms with Gasteiger partial charge in [0.05, 0.1) is 5.41 Å². The van der Waals surface area contributed by atoms with Gasteiger partial charge in [-0.3, -0.25) is 4.79 Å². The van der Waals surface area contributed by atoms with Crippen molar-refractivity contribution in [2.75, 3.05) is 19.6 Å². The minimum absolute atomic E-state index is 0. The van der Waals surface area contributed by atoms with E-state index in [9.17, 15) is 4.79 Å². The van der Waals surface area contributed by atoms with Gasteiger partial charge in [0, 0.05) is 11.4 Å². The van der Waals surface area contributed by atoms with Gasteiger partial charge in [-0.25, -0.2) is 0 Å². The zero-order valence-corrected chi connectivity index (χ0v) is 13.2. The largest absolute Gasteiger partial charge is 0.355 e. The van der Waals surface area contributed by atoms with Crippen LogP contribution < -0.4 is 10.6 Å². The Morgan fingerprint density at radius 1 is 1.58 bits per heavy atom. The van der Waals surface area contributed by atoms with Gasteiger partial charge in [0.1, 0.15) is 0 Å². The van der Waals surface area contributed by atoms with Gasteiger partial charge in [0.15, 0.2) is 0 Å². The number of amides is 1. The molecule has 0 spiro atoms. The van der Waals surface area contributed by atoms with Crippen LogP contribution in [0.5, 0.6) is 0 Å². The van der Waals surface area contributed by atoms with Crippen LogP contribution in [0.4, 0.5) is 0 Å². The Bertz CT molecular complexity index is 386. The fourth-order valence-electron chi connectivity index (χ4n) is 2.30. The summed E-state index contributed by atoms with van der Waals surface area (Å²) in [6, 6.07) is 4.03. The molecule has 0 aliphatic carbocycles. The average Bonchev–Trinajstić information content (AvgIpc) is 2.91. The number of thiophene rings is 1. The van der Waals surface area contributed by atoms with Gasteiger partial charge in [-0.2, -0.15) is 0 Å². The molecule has 1 aromatic rings. The first-order valence-corrected chi connectivity index (χ1v) is 7.51. The molecule has 1 aromatic heterocycles. The number of hydrogen-bond acceptors (Lipinski definition) is 3. The molecule has 0 bridgehead atoms. The summed E-state index contributed by atoms with van der Waals surface area (Å²) in [6.45, 7) is 6.92. The van der Waals surface area contributed by atoms with Crippen LogP contribution in [0.15, 0.2) is 17.5 Å². The highest BCUT2D eigenvalue weighted by molar-refractivity contribution is 7.10. The Hall–Kier alpha value is -0.580. The normalized spacial score (nSPS) is 19.6. The zero-order chi connectivity index (χ0) is 13.0. The molecule has 3 nitrogen and oxygen atoms in total. The standard InChI is InChI=1S/C14H22N2OS.ClH/c1-14(2,12-6-4-8-18-12)13(17)16-10-11-5-3-7-15-9-11;/h4,6,8,11,15H,3,5,7,9-10H2,1-2H3,(H,16,17);1H. The van der Waals surface area contributed by atoms with E-state index in [2.05, 4.69) is 10.6 Å². The van der Waals surface area contributed by atoms with Crippen molar-refractivity contribution in [1.29, 1.82) is 0 Å². The number of halogens is 1. The van der Waals surface area contributed by atoms with Crippen LogP contribution in [0, 0.1) is 5.92 Å². The third kappa shape index (κ3) is 4.20. The lowest BCUT2D eigenvalue weighted by atomic mass is 9.90. The van der Waals surface area contributed by atoms with Gasteiger partial charge < -0.3 is 10.6 Å². The molecular formula is C14H23ClN2OS. The molecule has 108 valence electrons. The maximum Gasteiger partial charge on any atom is 0.230 e. The molecule has 2 heterocycles. The van der Waals surface area contributed by atoms with Crippen LogP contribution in [0.3, 0.4) is 0 Å². The summed E-state index contributed by atoms with van der Waals surface area (Å²) in [5.41, 5.74) is -0.420. The zero-order valence-electron chi connectivity index (χ0n) is 11.6. The van der Waals surface area contributed by atoms with Gasteiger partial charge in [0.2, 0.25) is 5.91 Å². The number of carbonyl (C=O) groups is 1. The minimum Gasteiger partial charge on any atom is -0.355 e. The van der Waals surface area contributed by atoms with E-state index in [0.717, 1.165) is 24.5 Å². The third-order valence-electron chi connectivity index (χ3n) is 3.66. The lowest BCUT2D eigenvalue weighted by Gasteiger charge is -2.26. The van der Waals surface area contributed by atoms with Crippen LogP contribution in [0.2, 0.25) is 0 Å². The van der Waals surface area contributed by atoms with E-state index in [4.69, 9.17) is 0 Å². The Balaban J connectivity index is 0.00000180. The van der Waals surface area contributed by atoms with Crippen molar-refractivity contribution < 1.29 is 4.79 Å². The smallest absolute Gasteiger partial charge is 0.230 e. The summed E-state index contributed by atoms with van der Waals surface area (Å²) in [4.78, 5) is 13.4. The molecule has 1 fully saturated rings. The van der Waals surface area contributed by atoms with Crippen LogP contribution in [0.1, 0.15) is 31.6 Å². The van der Waals surface area contributed by atoms with Gasteiger partial charge in [-0.15, -0.1) is 23.7 Å². The molecule has 19 heavy (non-hydrogen) atoms. The Morgan fingerprint density at radius 3 is 2.95 bits per heavy atom. The fourth-order valence-corrected chi connectivity index (χ4v) is 3.15. The summed E-state index contributed by atoms with van der Waals surface area (Å²) >= 11 is 1.65. The molecule has 2 N–H and O–H groups in total. The van der Waals surface area contributed by atoms with Crippen molar-refractivity contribution in [2.24, 2.45) is 5.92 Å². The Labute approximate surface area is 125 Å². The van der Waals surface area contributed by atoms with Gasteiger partial charge in [0.25, 0.3) is 0 Å². The summed E-state index contributed by atoms with van der Waals surface area (Å²) < 4.78 is 0. The topological polar surface area (TPSA) is 41.1 Å². The van der Waals surface area contributed by atoms with Crippen molar-refractivity contribution in [1.82, 2.24) is 10.6 Å². The van der Waals surface area contributed by atoms with Crippen LogP contribution in [-0.4, -0.2) is 25.5 Å². The lowest BCUT2D eigenvalue weighted by Crippen LogP contribution is -2.44. The van der Waals surface area contributed by atoms with Crippen molar-refractivity contribution in [3.63, 3.8) is 0 Å². The average molecular weight is 303 g/mol. The van der Waals surface area contributed by atoms with Gasteiger partial charge in [-0.05, 0) is 57.1 Å². The van der Waals surface area contributed by atoms with Crippen molar-refractivity contribution in [2.45, 2.75) is 32.1 Å². The second kappa shape index (κ2) is 7.27. The van der Waals surface area contributed by atoms with Crippen LogP contribution in [0.25, 0.3) is 0 Å². The molecule has 1 saturated heterocycles. The number of rotatable bonds is 4. The molecule has 1 amide bonds. The van der Waals surface area contributed by atoms with E-state index in [1.165, 1.54) is 12.8 Å². The molecule has 2 rings (SSSR count). The molecule has 0 aromatic carbocycles. The highest BCUT2D eigenvalue weighted by Gasteiger charge is 2.30. The first-order valence-electron chi connectivity index (χ1n) is 6.63. The number of hydrogen-bond donors (Lipinski definition) is 2. The molecule has 1 aliphatic rings.